The van der Waals surface area contributed by atoms with Crippen molar-refractivity contribution in [3.8, 4) is 0 Å². The SMILES string of the molecule is CNC1(C(=O)O)CCC(SCc2ccccc2C)C1. The Morgan fingerprint density at radius 2 is 2.26 bits per heavy atom. The molecule has 0 aromatic heterocycles. The Labute approximate surface area is 118 Å². The summed E-state index contributed by atoms with van der Waals surface area (Å²) in [5.41, 5.74) is 1.96. The first-order valence-electron chi connectivity index (χ1n) is 6.66. The number of nitrogens with one attached hydrogen (secondary N) is 1. The van der Waals surface area contributed by atoms with Crippen molar-refractivity contribution in [1.82, 2.24) is 5.32 Å². The van der Waals surface area contributed by atoms with Crippen LogP contribution < -0.4 is 5.32 Å². The van der Waals surface area contributed by atoms with Crippen LogP contribution in [0.5, 0.6) is 0 Å². The second-order valence-corrected chi connectivity index (χ2v) is 6.53. The lowest BCUT2D eigenvalue weighted by Crippen LogP contribution is -2.48. The number of likely N-dealkylation sites (N-methyl/N-ethyl adjacent to an activating group) is 1. The fourth-order valence-electron chi connectivity index (χ4n) is 2.65. The smallest absolute Gasteiger partial charge is 0.323 e. The molecule has 2 unspecified atom stereocenters. The Kier molecular flexibility index (Phi) is 4.53. The first-order chi connectivity index (χ1) is 9.07. The van der Waals surface area contributed by atoms with Crippen LogP contribution >= 0.6 is 11.8 Å². The standard InChI is InChI=1S/C15H21NO2S/c1-11-5-3-4-6-12(11)10-19-13-7-8-15(9-13,16-2)14(17)18/h3-6,13,16H,7-10H2,1-2H3,(H,17,18). The number of aliphatic carboxylic acids is 1. The summed E-state index contributed by atoms with van der Waals surface area (Å²) < 4.78 is 0. The Bertz CT molecular complexity index is 463. The van der Waals surface area contributed by atoms with E-state index in [2.05, 4.69) is 36.5 Å². The molecule has 0 aliphatic heterocycles. The number of rotatable bonds is 5. The maximum atomic E-state index is 11.4. The molecule has 1 aliphatic rings. The van der Waals surface area contributed by atoms with Gasteiger partial charge in [0.15, 0.2) is 0 Å². The van der Waals surface area contributed by atoms with E-state index in [0.29, 0.717) is 5.25 Å². The molecule has 1 saturated carbocycles. The summed E-state index contributed by atoms with van der Waals surface area (Å²) in [6.07, 6.45) is 2.42. The van der Waals surface area contributed by atoms with Gasteiger partial charge in [0.1, 0.15) is 5.54 Å². The fourth-order valence-corrected chi connectivity index (χ4v) is 4.08. The predicted octanol–water partition coefficient (Wildman–Crippen LogP) is 2.82. The summed E-state index contributed by atoms with van der Waals surface area (Å²) in [5.74, 6) is 0.255. The highest BCUT2D eigenvalue weighted by atomic mass is 32.2. The molecule has 104 valence electrons. The van der Waals surface area contributed by atoms with E-state index in [1.54, 1.807) is 7.05 Å². The highest BCUT2D eigenvalue weighted by Crippen LogP contribution is 2.38. The van der Waals surface area contributed by atoms with Crippen LogP contribution in [-0.4, -0.2) is 28.9 Å². The quantitative estimate of drug-likeness (QED) is 0.870. The van der Waals surface area contributed by atoms with Gasteiger partial charge in [-0.2, -0.15) is 11.8 Å². The molecule has 1 fully saturated rings. The van der Waals surface area contributed by atoms with Crippen molar-refractivity contribution in [2.75, 3.05) is 7.05 Å². The molecule has 1 aliphatic carbocycles. The van der Waals surface area contributed by atoms with Crippen LogP contribution in [0.2, 0.25) is 0 Å². The Morgan fingerprint density at radius 3 is 2.84 bits per heavy atom. The number of hydrogen-bond acceptors (Lipinski definition) is 3. The van der Waals surface area contributed by atoms with Crippen molar-refractivity contribution >= 4 is 17.7 Å². The topological polar surface area (TPSA) is 49.3 Å². The van der Waals surface area contributed by atoms with Crippen molar-refractivity contribution in [3.05, 3.63) is 35.4 Å². The van der Waals surface area contributed by atoms with Gasteiger partial charge in [-0.25, -0.2) is 0 Å². The van der Waals surface area contributed by atoms with Crippen LogP contribution in [0.15, 0.2) is 24.3 Å². The van der Waals surface area contributed by atoms with Gasteiger partial charge in [0.2, 0.25) is 0 Å². The molecule has 1 aromatic rings. The van der Waals surface area contributed by atoms with Gasteiger partial charge in [0.05, 0.1) is 0 Å². The summed E-state index contributed by atoms with van der Waals surface area (Å²) in [6, 6.07) is 8.39. The molecular weight excluding hydrogens is 258 g/mol. The van der Waals surface area contributed by atoms with Gasteiger partial charge in [0.25, 0.3) is 0 Å². The molecule has 0 amide bonds. The van der Waals surface area contributed by atoms with E-state index < -0.39 is 11.5 Å². The highest BCUT2D eigenvalue weighted by molar-refractivity contribution is 7.99. The highest BCUT2D eigenvalue weighted by Gasteiger charge is 2.44. The number of aryl methyl sites for hydroxylation is 1. The molecule has 2 rings (SSSR count). The summed E-state index contributed by atoms with van der Waals surface area (Å²) in [4.78, 5) is 11.4. The third-order valence-electron chi connectivity index (χ3n) is 4.09. The van der Waals surface area contributed by atoms with Gasteiger partial charge in [-0.3, -0.25) is 4.79 Å². The number of benzene rings is 1. The molecular formula is C15H21NO2S. The van der Waals surface area contributed by atoms with E-state index in [4.69, 9.17) is 0 Å². The van der Waals surface area contributed by atoms with E-state index in [0.717, 1.165) is 25.0 Å². The maximum absolute atomic E-state index is 11.4. The van der Waals surface area contributed by atoms with E-state index in [9.17, 15) is 9.90 Å². The summed E-state index contributed by atoms with van der Waals surface area (Å²) in [5, 5.41) is 12.8. The van der Waals surface area contributed by atoms with Crippen LogP contribution in [-0.2, 0) is 10.5 Å². The van der Waals surface area contributed by atoms with Gasteiger partial charge < -0.3 is 10.4 Å². The van der Waals surface area contributed by atoms with Gasteiger partial charge in [-0.15, -0.1) is 0 Å². The zero-order valence-electron chi connectivity index (χ0n) is 11.5. The van der Waals surface area contributed by atoms with Gasteiger partial charge in [-0.05, 0) is 44.4 Å². The largest absolute Gasteiger partial charge is 0.480 e. The maximum Gasteiger partial charge on any atom is 0.323 e. The van der Waals surface area contributed by atoms with Crippen molar-refractivity contribution < 1.29 is 9.90 Å². The summed E-state index contributed by atoms with van der Waals surface area (Å²) in [6.45, 7) is 2.12. The van der Waals surface area contributed by atoms with Crippen molar-refractivity contribution in [3.63, 3.8) is 0 Å². The van der Waals surface area contributed by atoms with Crippen LogP contribution in [0.1, 0.15) is 30.4 Å². The van der Waals surface area contributed by atoms with Gasteiger partial charge in [0, 0.05) is 11.0 Å². The first-order valence-corrected chi connectivity index (χ1v) is 7.71. The number of carbonyl (C=O) groups is 1. The van der Waals surface area contributed by atoms with Gasteiger partial charge >= 0.3 is 5.97 Å². The molecule has 0 bridgehead atoms. The molecule has 0 heterocycles. The number of hydrogen-bond donors (Lipinski definition) is 2. The average Bonchev–Trinajstić information content (AvgIpc) is 2.83. The molecule has 19 heavy (non-hydrogen) atoms. The third kappa shape index (κ3) is 3.12. The average molecular weight is 279 g/mol. The van der Waals surface area contributed by atoms with Crippen LogP contribution in [0.25, 0.3) is 0 Å². The molecule has 2 atom stereocenters. The molecule has 3 nitrogen and oxygen atoms in total. The Balaban J connectivity index is 1.93. The second kappa shape index (κ2) is 5.97. The molecule has 0 spiro atoms. The third-order valence-corrected chi connectivity index (χ3v) is 5.44. The van der Waals surface area contributed by atoms with Crippen LogP contribution in [0.4, 0.5) is 0 Å². The number of carboxylic acid groups (broad SMARTS) is 1. The van der Waals surface area contributed by atoms with Crippen LogP contribution in [0.3, 0.4) is 0 Å². The zero-order chi connectivity index (χ0) is 13.9. The molecule has 4 heteroatoms. The van der Waals surface area contributed by atoms with E-state index in [-0.39, 0.29) is 0 Å². The lowest BCUT2D eigenvalue weighted by molar-refractivity contribution is -0.144. The minimum absolute atomic E-state index is 0.433. The number of thioether (sulfide) groups is 1. The monoisotopic (exact) mass is 279 g/mol. The normalized spacial score (nSPS) is 26.5. The van der Waals surface area contributed by atoms with Crippen molar-refractivity contribution in [2.45, 2.75) is 42.7 Å². The molecule has 2 N–H and O–H groups in total. The van der Waals surface area contributed by atoms with E-state index in [1.807, 2.05) is 11.8 Å². The first kappa shape index (κ1) is 14.4. The van der Waals surface area contributed by atoms with Crippen molar-refractivity contribution in [1.29, 1.82) is 0 Å². The zero-order valence-corrected chi connectivity index (χ0v) is 12.3. The minimum Gasteiger partial charge on any atom is -0.480 e. The molecule has 1 aromatic carbocycles. The summed E-state index contributed by atoms with van der Waals surface area (Å²) >= 11 is 1.88. The van der Waals surface area contributed by atoms with Crippen LogP contribution in [0, 0.1) is 6.92 Å². The van der Waals surface area contributed by atoms with E-state index in [1.165, 1.54) is 11.1 Å². The summed E-state index contributed by atoms with van der Waals surface area (Å²) in [7, 11) is 1.75. The Hall–Kier alpha value is -1.00. The van der Waals surface area contributed by atoms with Crippen molar-refractivity contribution in [2.24, 2.45) is 0 Å². The van der Waals surface area contributed by atoms with Gasteiger partial charge in [-0.1, -0.05) is 24.3 Å². The number of carboxylic acids is 1. The Morgan fingerprint density at radius 1 is 1.53 bits per heavy atom. The fraction of sp³-hybridized carbons (Fsp3) is 0.533. The van der Waals surface area contributed by atoms with E-state index >= 15 is 0 Å². The minimum atomic E-state index is -0.714. The molecule has 0 saturated heterocycles. The predicted molar refractivity (Wildman–Crippen MR) is 79.5 cm³/mol. The lowest BCUT2D eigenvalue weighted by atomic mass is 9.99. The molecule has 0 radical (unpaired) electrons. The second-order valence-electron chi connectivity index (χ2n) is 5.24. The lowest BCUT2D eigenvalue weighted by Gasteiger charge is -2.23.